The number of thioether (sulfide) groups is 1. The van der Waals surface area contributed by atoms with E-state index in [0.717, 1.165) is 12.6 Å². The number of fused-ring (bicyclic) bond motifs is 1. The lowest BCUT2D eigenvalue weighted by Gasteiger charge is -2.43. The van der Waals surface area contributed by atoms with Gasteiger partial charge in [-0.1, -0.05) is 12.1 Å². The summed E-state index contributed by atoms with van der Waals surface area (Å²) in [6.45, 7) is 7.34. The lowest BCUT2D eigenvalue weighted by molar-refractivity contribution is 0.0470. The van der Waals surface area contributed by atoms with E-state index in [1.165, 1.54) is 42.9 Å². The van der Waals surface area contributed by atoms with Crippen molar-refractivity contribution in [2.24, 2.45) is 0 Å². The second-order valence-electron chi connectivity index (χ2n) is 5.80. The Balaban J connectivity index is 1.65. The predicted octanol–water partition coefficient (Wildman–Crippen LogP) is 3.08. The molecule has 0 aromatic heterocycles. The van der Waals surface area contributed by atoms with Crippen molar-refractivity contribution in [1.29, 1.82) is 0 Å². The van der Waals surface area contributed by atoms with Crippen molar-refractivity contribution >= 4 is 11.8 Å². The van der Waals surface area contributed by atoms with Gasteiger partial charge in [0.15, 0.2) is 0 Å². The molecule has 0 bridgehead atoms. The van der Waals surface area contributed by atoms with E-state index in [4.69, 9.17) is 0 Å². The molecule has 0 amide bonds. The molecule has 0 radical (unpaired) electrons. The third-order valence-corrected chi connectivity index (χ3v) is 5.51. The molecular weight excluding hydrogens is 252 g/mol. The minimum absolute atomic E-state index is 0.705. The normalized spacial score (nSPS) is 28.5. The molecule has 2 saturated heterocycles. The number of hydrogen-bond acceptors (Lipinski definition) is 3. The smallest absolute Gasteiger partial charge is 0.0250 e. The summed E-state index contributed by atoms with van der Waals surface area (Å²) in [7, 11) is 0. The first-order chi connectivity index (χ1) is 9.28. The first kappa shape index (κ1) is 13.5. The van der Waals surface area contributed by atoms with E-state index >= 15 is 0 Å². The zero-order chi connectivity index (χ0) is 13.2. The summed E-state index contributed by atoms with van der Waals surface area (Å²) >= 11 is 1.82. The number of piperazine rings is 1. The summed E-state index contributed by atoms with van der Waals surface area (Å²) in [4.78, 5) is 6.72. The quantitative estimate of drug-likeness (QED) is 0.783. The monoisotopic (exact) mass is 276 g/mol. The van der Waals surface area contributed by atoms with Crippen molar-refractivity contribution in [3.05, 3.63) is 29.8 Å². The maximum atomic E-state index is 2.69. The maximum Gasteiger partial charge on any atom is 0.0250 e. The van der Waals surface area contributed by atoms with Crippen LogP contribution in [0.4, 0.5) is 0 Å². The highest BCUT2D eigenvalue weighted by atomic mass is 32.2. The van der Waals surface area contributed by atoms with Crippen molar-refractivity contribution < 1.29 is 0 Å². The number of rotatable bonds is 3. The van der Waals surface area contributed by atoms with Crippen molar-refractivity contribution in [1.82, 2.24) is 9.80 Å². The molecule has 2 nitrogen and oxygen atoms in total. The number of nitrogens with zero attached hydrogens (tertiary/aromatic N) is 2. The zero-order valence-electron chi connectivity index (χ0n) is 12.0. The molecule has 3 rings (SSSR count). The summed E-state index contributed by atoms with van der Waals surface area (Å²) in [5.74, 6) is 0. The topological polar surface area (TPSA) is 6.48 Å². The van der Waals surface area contributed by atoms with Crippen LogP contribution in [0.5, 0.6) is 0 Å². The third-order valence-electron chi connectivity index (χ3n) is 4.77. The number of hydrogen-bond donors (Lipinski definition) is 0. The van der Waals surface area contributed by atoms with E-state index < -0.39 is 0 Å². The second-order valence-corrected chi connectivity index (χ2v) is 6.68. The van der Waals surface area contributed by atoms with Crippen LogP contribution in [0.15, 0.2) is 29.2 Å². The molecule has 2 fully saturated rings. The fraction of sp³-hybridized carbons (Fsp3) is 0.625. The molecular formula is C16H24N2S. The molecule has 2 heterocycles. The average molecular weight is 276 g/mol. The molecule has 1 aromatic rings. The Morgan fingerprint density at radius 3 is 2.68 bits per heavy atom. The van der Waals surface area contributed by atoms with Gasteiger partial charge in [-0.15, -0.1) is 11.8 Å². The van der Waals surface area contributed by atoms with Gasteiger partial charge in [0.25, 0.3) is 0 Å². The van der Waals surface area contributed by atoms with Crippen LogP contribution in [0.3, 0.4) is 0 Å². The van der Waals surface area contributed by atoms with E-state index in [1.807, 2.05) is 11.8 Å². The highest BCUT2D eigenvalue weighted by molar-refractivity contribution is 7.98. The minimum atomic E-state index is 0.705. The van der Waals surface area contributed by atoms with Crippen LogP contribution in [0.2, 0.25) is 0 Å². The fourth-order valence-electron chi connectivity index (χ4n) is 3.57. The van der Waals surface area contributed by atoms with Gasteiger partial charge in [-0.3, -0.25) is 9.80 Å². The molecule has 2 aliphatic rings. The van der Waals surface area contributed by atoms with E-state index in [2.05, 4.69) is 47.2 Å². The largest absolute Gasteiger partial charge is 0.298 e. The molecule has 1 aromatic carbocycles. The average Bonchev–Trinajstić information content (AvgIpc) is 2.92. The van der Waals surface area contributed by atoms with Crippen LogP contribution in [0, 0.1) is 0 Å². The molecule has 0 unspecified atom stereocenters. The predicted molar refractivity (Wildman–Crippen MR) is 82.7 cm³/mol. The molecule has 0 saturated carbocycles. The Kier molecular flexibility index (Phi) is 4.15. The summed E-state index contributed by atoms with van der Waals surface area (Å²) in [6, 6.07) is 10.6. The second kappa shape index (κ2) is 5.86. The highest BCUT2D eigenvalue weighted by Crippen LogP contribution is 2.27. The van der Waals surface area contributed by atoms with Crippen molar-refractivity contribution in [3.63, 3.8) is 0 Å². The highest BCUT2D eigenvalue weighted by Gasteiger charge is 2.36. The lowest BCUT2D eigenvalue weighted by Crippen LogP contribution is -2.55. The SMILES string of the molecule is CSc1ccc(CN2CCN3CCC[C@@H]3[C@@H]2C)cc1. The molecule has 3 heteroatoms. The first-order valence-corrected chi connectivity index (χ1v) is 8.61. The standard InChI is InChI=1S/C16H24N2S/c1-13-16-4-3-9-17(16)10-11-18(13)12-14-5-7-15(19-2)8-6-14/h5-8,13,16H,3-4,9-12H2,1-2H3/t13-,16+/m0/s1. The molecule has 0 aliphatic carbocycles. The van der Waals surface area contributed by atoms with Crippen molar-refractivity contribution in [2.75, 3.05) is 25.9 Å². The van der Waals surface area contributed by atoms with Crippen LogP contribution >= 0.6 is 11.8 Å². The van der Waals surface area contributed by atoms with Gasteiger partial charge >= 0.3 is 0 Å². The Morgan fingerprint density at radius 2 is 1.95 bits per heavy atom. The van der Waals surface area contributed by atoms with Gasteiger partial charge in [-0.05, 0) is 50.3 Å². The summed E-state index contributed by atoms with van der Waals surface area (Å²) in [6.07, 6.45) is 4.92. The van der Waals surface area contributed by atoms with E-state index in [9.17, 15) is 0 Å². The van der Waals surface area contributed by atoms with E-state index in [-0.39, 0.29) is 0 Å². The van der Waals surface area contributed by atoms with Crippen LogP contribution in [0.25, 0.3) is 0 Å². The zero-order valence-corrected chi connectivity index (χ0v) is 12.8. The fourth-order valence-corrected chi connectivity index (χ4v) is 3.98. The van der Waals surface area contributed by atoms with Gasteiger partial charge in [0.1, 0.15) is 0 Å². The van der Waals surface area contributed by atoms with Crippen LogP contribution in [-0.2, 0) is 6.54 Å². The van der Waals surface area contributed by atoms with Gasteiger partial charge in [0, 0.05) is 36.6 Å². The summed E-state index contributed by atoms with van der Waals surface area (Å²) < 4.78 is 0. The van der Waals surface area contributed by atoms with Crippen LogP contribution in [-0.4, -0.2) is 47.8 Å². The molecule has 2 aliphatic heterocycles. The Labute approximate surface area is 121 Å². The Hall–Kier alpha value is -0.510. The Morgan fingerprint density at radius 1 is 1.16 bits per heavy atom. The van der Waals surface area contributed by atoms with Crippen molar-refractivity contribution in [3.8, 4) is 0 Å². The van der Waals surface area contributed by atoms with E-state index in [1.54, 1.807) is 0 Å². The first-order valence-electron chi connectivity index (χ1n) is 7.39. The van der Waals surface area contributed by atoms with Gasteiger partial charge < -0.3 is 0 Å². The Bertz CT molecular complexity index is 417. The van der Waals surface area contributed by atoms with Crippen LogP contribution in [0.1, 0.15) is 25.3 Å². The van der Waals surface area contributed by atoms with Gasteiger partial charge in [0.05, 0.1) is 0 Å². The van der Waals surface area contributed by atoms with Gasteiger partial charge in [0.2, 0.25) is 0 Å². The van der Waals surface area contributed by atoms with Crippen molar-refractivity contribution in [2.45, 2.75) is 43.3 Å². The lowest BCUT2D eigenvalue weighted by atomic mass is 10.0. The number of benzene rings is 1. The van der Waals surface area contributed by atoms with E-state index in [0.29, 0.717) is 6.04 Å². The molecule has 2 atom stereocenters. The van der Waals surface area contributed by atoms with Gasteiger partial charge in [-0.25, -0.2) is 0 Å². The third kappa shape index (κ3) is 2.83. The summed E-state index contributed by atoms with van der Waals surface area (Å²) in [5, 5.41) is 0. The molecule has 0 spiro atoms. The van der Waals surface area contributed by atoms with Gasteiger partial charge in [-0.2, -0.15) is 0 Å². The molecule has 19 heavy (non-hydrogen) atoms. The van der Waals surface area contributed by atoms with Crippen LogP contribution < -0.4 is 0 Å². The maximum absolute atomic E-state index is 2.69. The molecule has 104 valence electrons. The summed E-state index contributed by atoms with van der Waals surface area (Å²) in [5.41, 5.74) is 1.45. The minimum Gasteiger partial charge on any atom is -0.298 e. The molecule has 0 N–H and O–H groups in total.